The molecule has 1 aromatic rings. The highest BCUT2D eigenvalue weighted by molar-refractivity contribution is 5.43. The number of likely N-dealkylation sites (tertiary alicyclic amines) is 1. The summed E-state index contributed by atoms with van der Waals surface area (Å²) in [5, 5.41) is 2.03. The summed E-state index contributed by atoms with van der Waals surface area (Å²) in [6.45, 7) is 8.65. The van der Waals surface area contributed by atoms with Gasteiger partial charge in [0.2, 0.25) is 0 Å². The Kier molecular flexibility index (Phi) is 5.02. The summed E-state index contributed by atoms with van der Waals surface area (Å²) in [5.74, 6) is 0. The summed E-state index contributed by atoms with van der Waals surface area (Å²) in [6.07, 6.45) is 2.90. The molecule has 0 bridgehead atoms. The molecule has 0 radical (unpaired) electrons. The maximum absolute atomic E-state index is 5.90. The molecule has 1 saturated heterocycles. The molecule has 0 saturated carbocycles. The lowest BCUT2D eigenvalue weighted by Gasteiger charge is -2.28. The molecule has 1 aromatic carbocycles. The number of anilines is 1. The van der Waals surface area contributed by atoms with Crippen LogP contribution in [0.5, 0.6) is 0 Å². The fraction of sp³-hybridized carbons (Fsp3) is 0.600. The number of benzene rings is 1. The van der Waals surface area contributed by atoms with Crippen LogP contribution in [0.1, 0.15) is 26.7 Å². The molecule has 0 unspecified atom stereocenters. The molecule has 2 rings (SSSR count). The Hall–Kier alpha value is -1.06. The summed E-state index contributed by atoms with van der Waals surface area (Å²) >= 11 is 0. The number of hydrogen-bond acceptors (Lipinski definition) is 3. The van der Waals surface area contributed by atoms with Gasteiger partial charge in [-0.15, -0.1) is 0 Å². The molecule has 3 nitrogen and oxygen atoms in total. The first-order valence-electron chi connectivity index (χ1n) is 6.97. The Morgan fingerprint density at radius 1 is 1.17 bits per heavy atom. The molecule has 18 heavy (non-hydrogen) atoms. The van der Waals surface area contributed by atoms with Crippen LogP contribution in [-0.2, 0) is 4.84 Å². The Balaban J connectivity index is 1.92. The Labute approximate surface area is 110 Å². The van der Waals surface area contributed by atoms with Crippen LogP contribution in [0.15, 0.2) is 30.3 Å². The van der Waals surface area contributed by atoms with Crippen LogP contribution in [0.3, 0.4) is 0 Å². The first kappa shape index (κ1) is 13.4. The molecule has 0 amide bonds. The van der Waals surface area contributed by atoms with Gasteiger partial charge in [0, 0.05) is 6.54 Å². The zero-order chi connectivity index (χ0) is 12.8. The van der Waals surface area contributed by atoms with Crippen LogP contribution in [0.4, 0.5) is 5.69 Å². The molecule has 1 fully saturated rings. The fourth-order valence-electron chi connectivity index (χ4n) is 2.33. The Bertz CT molecular complexity index is 334. The minimum absolute atomic E-state index is 0.212. The predicted octanol–water partition coefficient (Wildman–Crippen LogP) is 2.93. The van der Waals surface area contributed by atoms with E-state index in [0.29, 0.717) is 0 Å². The van der Waals surface area contributed by atoms with Gasteiger partial charge in [-0.05, 0) is 51.9 Å². The second kappa shape index (κ2) is 6.76. The fourth-order valence-corrected chi connectivity index (χ4v) is 2.33. The summed E-state index contributed by atoms with van der Waals surface area (Å²) in [6, 6.07) is 10.4. The maximum Gasteiger partial charge on any atom is 0.0800 e. The van der Waals surface area contributed by atoms with E-state index in [1.165, 1.54) is 25.9 Å². The second-order valence-electron chi connectivity index (χ2n) is 5.14. The molecule has 1 heterocycles. The molecule has 0 atom stereocenters. The maximum atomic E-state index is 5.90. The van der Waals surface area contributed by atoms with E-state index < -0.39 is 0 Å². The smallest absolute Gasteiger partial charge is 0.0800 e. The standard InChI is InChI=1S/C15H24N2O/c1-14(2)18-17(15-8-4-3-5-9-15)13-12-16-10-6-7-11-16/h3-5,8-9,14H,6-7,10-13H2,1-2H3. The van der Waals surface area contributed by atoms with Crippen LogP contribution >= 0.6 is 0 Å². The van der Waals surface area contributed by atoms with Gasteiger partial charge in [-0.3, -0.25) is 9.90 Å². The third kappa shape index (κ3) is 4.00. The average molecular weight is 248 g/mol. The Morgan fingerprint density at radius 3 is 2.44 bits per heavy atom. The zero-order valence-electron chi connectivity index (χ0n) is 11.5. The summed E-state index contributed by atoms with van der Waals surface area (Å²) in [5.41, 5.74) is 1.14. The number of hydrogen-bond donors (Lipinski definition) is 0. The van der Waals surface area contributed by atoms with Gasteiger partial charge in [0.05, 0.1) is 18.3 Å². The highest BCUT2D eigenvalue weighted by Crippen LogP contribution is 2.16. The van der Waals surface area contributed by atoms with E-state index in [4.69, 9.17) is 4.84 Å². The summed E-state index contributed by atoms with van der Waals surface area (Å²) in [7, 11) is 0. The third-order valence-corrected chi connectivity index (χ3v) is 3.20. The van der Waals surface area contributed by atoms with E-state index in [0.717, 1.165) is 18.8 Å². The van der Waals surface area contributed by atoms with Crippen molar-refractivity contribution in [3.8, 4) is 0 Å². The van der Waals surface area contributed by atoms with Gasteiger partial charge in [-0.25, -0.2) is 0 Å². The van der Waals surface area contributed by atoms with E-state index in [9.17, 15) is 0 Å². The quantitative estimate of drug-likeness (QED) is 0.720. The molecule has 0 aliphatic carbocycles. The van der Waals surface area contributed by atoms with Gasteiger partial charge in [0.25, 0.3) is 0 Å². The van der Waals surface area contributed by atoms with Crippen molar-refractivity contribution in [3.63, 3.8) is 0 Å². The number of rotatable bonds is 6. The number of hydroxylamine groups is 1. The minimum atomic E-state index is 0.212. The molecule has 0 N–H and O–H groups in total. The van der Waals surface area contributed by atoms with Crippen molar-refractivity contribution in [2.45, 2.75) is 32.8 Å². The monoisotopic (exact) mass is 248 g/mol. The topological polar surface area (TPSA) is 15.7 Å². The largest absolute Gasteiger partial charge is 0.301 e. The van der Waals surface area contributed by atoms with Crippen molar-refractivity contribution in [1.29, 1.82) is 0 Å². The van der Waals surface area contributed by atoms with E-state index in [2.05, 4.69) is 43.0 Å². The van der Waals surface area contributed by atoms with Crippen LogP contribution in [-0.4, -0.2) is 37.2 Å². The molecule has 0 spiro atoms. The van der Waals surface area contributed by atoms with Crippen molar-refractivity contribution < 1.29 is 4.84 Å². The van der Waals surface area contributed by atoms with Crippen LogP contribution in [0, 0.1) is 0 Å². The van der Waals surface area contributed by atoms with E-state index in [-0.39, 0.29) is 6.10 Å². The number of nitrogens with zero attached hydrogens (tertiary/aromatic N) is 2. The normalized spacial score (nSPS) is 16.4. The molecule has 1 aliphatic rings. The molecular weight excluding hydrogens is 224 g/mol. The van der Waals surface area contributed by atoms with Crippen molar-refractivity contribution >= 4 is 5.69 Å². The van der Waals surface area contributed by atoms with Crippen LogP contribution < -0.4 is 5.06 Å². The van der Waals surface area contributed by atoms with Gasteiger partial charge in [0.1, 0.15) is 0 Å². The summed E-state index contributed by atoms with van der Waals surface area (Å²) in [4.78, 5) is 8.42. The minimum Gasteiger partial charge on any atom is -0.301 e. The van der Waals surface area contributed by atoms with E-state index in [1.54, 1.807) is 0 Å². The van der Waals surface area contributed by atoms with Crippen molar-refractivity contribution in [3.05, 3.63) is 30.3 Å². The van der Waals surface area contributed by atoms with Gasteiger partial charge >= 0.3 is 0 Å². The van der Waals surface area contributed by atoms with Crippen molar-refractivity contribution in [2.75, 3.05) is 31.2 Å². The van der Waals surface area contributed by atoms with E-state index >= 15 is 0 Å². The highest BCUT2D eigenvalue weighted by Gasteiger charge is 2.14. The first-order chi connectivity index (χ1) is 8.75. The SMILES string of the molecule is CC(C)ON(CCN1CCCC1)c1ccccc1. The van der Waals surface area contributed by atoms with Crippen LogP contribution in [0.25, 0.3) is 0 Å². The van der Waals surface area contributed by atoms with Crippen molar-refractivity contribution in [1.82, 2.24) is 4.90 Å². The van der Waals surface area contributed by atoms with Gasteiger partial charge in [0.15, 0.2) is 0 Å². The third-order valence-electron chi connectivity index (χ3n) is 3.20. The molecule has 0 aromatic heterocycles. The van der Waals surface area contributed by atoms with Gasteiger partial charge in [-0.1, -0.05) is 18.2 Å². The Morgan fingerprint density at radius 2 is 1.83 bits per heavy atom. The number of para-hydroxylation sites is 1. The molecule has 3 heteroatoms. The lowest BCUT2D eigenvalue weighted by atomic mass is 10.3. The van der Waals surface area contributed by atoms with E-state index in [1.807, 2.05) is 11.1 Å². The predicted molar refractivity (Wildman–Crippen MR) is 75.7 cm³/mol. The lowest BCUT2D eigenvalue weighted by Crippen LogP contribution is -2.35. The first-order valence-corrected chi connectivity index (χ1v) is 6.97. The molecule has 100 valence electrons. The second-order valence-corrected chi connectivity index (χ2v) is 5.14. The van der Waals surface area contributed by atoms with Gasteiger partial charge in [-0.2, -0.15) is 0 Å². The average Bonchev–Trinajstić information content (AvgIpc) is 2.88. The lowest BCUT2D eigenvalue weighted by molar-refractivity contribution is 0.0524. The van der Waals surface area contributed by atoms with Gasteiger partial charge < -0.3 is 4.90 Å². The van der Waals surface area contributed by atoms with Crippen LogP contribution in [0.2, 0.25) is 0 Å². The highest BCUT2D eigenvalue weighted by atomic mass is 16.7. The molecule has 1 aliphatic heterocycles. The van der Waals surface area contributed by atoms with Crippen molar-refractivity contribution in [2.24, 2.45) is 0 Å². The summed E-state index contributed by atoms with van der Waals surface area (Å²) < 4.78 is 0. The zero-order valence-corrected chi connectivity index (χ0v) is 11.5. The molecular formula is C15H24N2O.